The van der Waals surface area contributed by atoms with Crippen LogP contribution in [0.15, 0.2) is 66.9 Å². The van der Waals surface area contributed by atoms with E-state index in [1.807, 2.05) is 41.4 Å². The van der Waals surface area contributed by atoms with E-state index in [1.165, 1.54) is 11.6 Å². The second-order valence-corrected chi connectivity index (χ2v) is 8.74. The molecule has 0 spiro atoms. The normalized spacial score (nSPS) is 11.2. The fraction of sp³-hybridized carbons (Fsp3) is 0.346. The van der Waals surface area contributed by atoms with Gasteiger partial charge in [0.15, 0.2) is 0 Å². The predicted molar refractivity (Wildman–Crippen MR) is 125 cm³/mol. The van der Waals surface area contributed by atoms with Crippen molar-refractivity contribution in [2.24, 2.45) is 5.92 Å². The first kappa shape index (κ1) is 22.6. The molecule has 1 heterocycles. The Balaban J connectivity index is 1.73. The minimum Gasteiger partial charge on any atom is -0.345 e. The largest absolute Gasteiger partial charge is 0.345 e. The van der Waals surface area contributed by atoms with Crippen LogP contribution in [0.2, 0.25) is 0 Å². The summed E-state index contributed by atoms with van der Waals surface area (Å²) in [7, 11) is 0. The number of aromatic nitrogens is 1. The lowest BCUT2D eigenvalue weighted by atomic mass is 10.0. The molecule has 1 N–H and O–H groups in total. The van der Waals surface area contributed by atoms with E-state index in [4.69, 9.17) is 0 Å². The zero-order chi connectivity index (χ0) is 22.4. The predicted octanol–water partition coefficient (Wildman–Crippen LogP) is 6.49. The number of rotatable bonds is 8. The first-order valence-corrected chi connectivity index (χ1v) is 10.9. The van der Waals surface area contributed by atoms with Crippen LogP contribution in [0, 0.1) is 11.7 Å². The van der Waals surface area contributed by atoms with Gasteiger partial charge in [0.2, 0.25) is 0 Å². The molecule has 3 aromatic rings. The third kappa shape index (κ3) is 6.45. The number of nitrogens with one attached hydrogen (secondary N) is 1. The van der Waals surface area contributed by atoms with Gasteiger partial charge < -0.3 is 14.8 Å². The highest BCUT2D eigenvalue weighted by atomic mass is 19.1. The van der Waals surface area contributed by atoms with Gasteiger partial charge in [-0.2, -0.15) is 0 Å². The van der Waals surface area contributed by atoms with E-state index in [0.717, 1.165) is 16.9 Å². The molecular formula is C26H32FN3O. The first-order valence-electron chi connectivity index (χ1n) is 10.9. The maximum atomic E-state index is 13.6. The molecule has 4 nitrogen and oxygen atoms in total. The van der Waals surface area contributed by atoms with Crippen molar-refractivity contribution in [2.45, 2.75) is 46.7 Å². The number of carbonyl (C=O) groups excluding carboxylic acids is 1. The summed E-state index contributed by atoms with van der Waals surface area (Å²) in [6, 6.07) is 18.5. The van der Waals surface area contributed by atoms with Gasteiger partial charge in [-0.25, -0.2) is 9.18 Å². The standard InChI is InChI=1S/C26H32FN3O/c1-19(2)16-30(26(31)28-24-12-10-22(11-13-24)20(3)4)18-25-9-6-14-29(25)17-21-7-5-8-23(27)15-21/h5-15,19-20H,16-18H2,1-4H3,(H,28,31). The Morgan fingerprint density at radius 3 is 2.42 bits per heavy atom. The van der Waals surface area contributed by atoms with Crippen molar-refractivity contribution >= 4 is 11.7 Å². The smallest absolute Gasteiger partial charge is 0.322 e. The van der Waals surface area contributed by atoms with E-state index < -0.39 is 0 Å². The zero-order valence-corrected chi connectivity index (χ0v) is 18.8. The molecule has 0 radical (unpaired) electrons. The minimum atomic E-state index is -0.240. The van der Waals surface area contributed by atoms with Crippen molar-refractivity contribution in [3.63, 3.8) is 0 Å². The van der Waals surface area contributed by atoms with Crippen LogP contribution in [-0.2, 0) is 13.1 Å². The highest BCUT2D eigenvalue weighted by molar-refractivity contribution is 5.89. The molecule has 0 aliphatic heterocycles. The van der Waals surface area contributed by atoms with Gasteiger partial charge in [0, 0.05) is 30.7 Å². The lowest BCUT2D eigenvalue weighted by Gasteiger charge is -2.26. The van der Waals surface area contributed by atoms with Crippen LogP contribution in [-0.4, -0.2) is 22.0 Å². The van der Waals surface area contributed by atoms with Crippen LogP contribution in [0.4, 0.5) is 14.9 Å². The highest BCUT2D eigenvalue weighted by Crippen LogP contribution is 2.18. The first-order chi connectivity index (χ1) is 14.8. The van der Waals surface area contributed by atoms with Crippen molar-refractivity contribution in [1.29, 1.82) is 0 Å². The molecule has 3 rings (SSSR count). The number of anilines is 1. The van der Waals surface area contributed by atoms with Gasteiger partial charge >= 0.3 is 6.03 Å². The lowest BCUT2D eigenvalue weighted by molar-refractivity contribution is 0.200. The number of halogens is 1. The van der Waals surface area contributed by atoms with Crippen molar-refractivity contribution in [2.75, 3.05) is 11.9 Å². The van der Waals surface area contributed by atoms with Gasteiger partial charge in [0.05, 0.1) is 6.54 Å². The Morgan fingerprint density at radius 1 is 1.03 bits per heavy atom. The Kier molecular flexibility index (Phi) is 7.50. The maximum absolute atomic E-state index is 13.6. The van der Waals surface area contributed by atoms with Gasteiger partial charge in [-0.15, -0.1) is 0 Å². The summed E-state index contributed by atoms with van der Waals surface area (Å²) in [5.41, 5.74) is 3.93. The highest BCUT2D eigenvalue weighted by Gasteiger charge is 2.17. The van der Waals surface area contributed by atoms with Gasteiger partial charge in [-0.1, -0.05) is 52.0 Å². The summed E-state index contributed by atoms with van der Waals surface area (Å²) in [5.74, 6) is 0.546. The molecule has 0 saturated heterocycles. The fourth-order valence-corrected chi connectivity index (χ4v) is 3.59. The Labute approximate surface area is 184 Å². The zero-order valence-electron chi connectivity index (χ0n) is 18.8. The Morgan fingerprint density at radius 2 is 1.77 bits per heavy atom. The third-order valence-electron chi connectivity index (χ3n) is 5.22. The van der Waals surface area contributed by atoms with E-state index in [9.17, 15) is 9.18 Å². The van der Waals surface area contributed by atoms with Crippen LogP contribution >= 0.6 is 0 Å². The third-order valence-corrected chi connectivity index (χ3v) is 5.22. The molecule has 1 aromatic heterocycles. The molecule has 0 unspecified atom stereocenters. The van der Waals surface area contributed by atoms with Crippen LogP contribution < -0.4 is 5.32 Å². The van der Waals surface area contributed by atoms with E-state index in [0.29, 0.717) is 31.5 Å². The van der Waals surface area contributed by atoms with Gasteiger partial charge in [-0.05, 0) is 59.4 Å². The number of hydrogen-bond donors (Lipinski definition) is 1. The van der Waals surface area contributed by atoms with Crippen LogP contribution in [0.1, 0.15) is 50.4 Å². The van der Waals surface area contributed by atoms with Crippen LogP contribution in [0.25, 0.3) is 0 Å². The van der Waals surface area contributed by atoms with Crippen molar-refractivity contribution in [3.05, 3.63) is 89.5 Å². The average Bonchev–Trinajstić information content (AvgIpc) is 3.14. The lowest BCUT2D eigenvalue weighted by Crippen LogP contribution is -2.37. The van der Waals surface area contributed by atoms with Gasteiger partial charge in [0.1, 0.15) is 5.82 Å². The fourth-order valence-electron chi connectivity index (χ4n) is 3.59. The molecule has 0 bridgehead atoms. The molecule has 0 fully saturated rings. The van der Waals surface area contributed by atoms with E-state index >= 15 is 0 Å². The van der Waals surface area contributed by atoms with E-state index in [-0.39, 0.29) is 11.8 Å². The summed E-state index contributed by atoms with van der Waals surface area (Å²) >= 11 is 0. The maximum Gasteiger partial charge on any atom is 0.322 e. The van der Waals surface area contributed by atoms with E-state index in [2.05, 4.69) is 49.7 Å². The molecule has 5 heteroatoms. The van der Waals surface area contributed by atoms with Crippen LogP contribution in [0.5, 0.6) is 0 Å². The van der Waals surface area contributed by atoms with Crippen molar-refractivity contribution < 1.29 is 9.18 Å². The number of hydrogen-bond acceptors (Lipinski definition) is 1. The summed E-state index contributed by atoms with van der Waals surface area (Å²) in [5, 5.41) is 3.03. The van der Waals surface area contributed by atoms with Crippen LogP contribution in [0.3, 0.4) is 0 Å². The number of urea groups is 1. The van der Waals surface area contributed by atoms with E-state index in [1.54, 1.807) is 12.1 Å². The monoisotopic (exact) mass is 421 g/mol. The summed E-state index contributed by atoms with van der Waals surface area (Å²) in [6.45, 7) is 10.2. The number of nitrogens with zero attached hydrogens (tertiary/aromatic N) is 2. The molecular weight excluding hydrogens is 389 g/mol. The van der Waals surface area contributed by atoms with Gasteiger partial charge in [0.25, 0.3) is 0 Å². The average molecular weight is 422 g/mol. The SMILES string of the molecule is CC(C)CN(Cc1cccn1Cc1cccc(F)c1)C(=O)Nc1ccc(C(C)C)cc1. The minimum absolute atomic E-state index is 0.121. The molecule has 0 saturated carbocycles. The summed E-state index contributed by atoms with van der Waals surface area (Å²) in [6.07, 6.45) is 1.97. The molecule has 164 valence electrons. The summed E-state index contributed by atoms with van der Waals surface area (Å²) in [4.78, 5) is 14.9. The summed E-state index contributed by atoms with van der Waals surface area (Å²) < 4.78 is 15.6. The molecule has 0 aliphatic carbocycles. The Bertz CT molecular complexity index is 992. The van der Waals surface area contributed by atoms with Gasteiger partial charge in [-0.3, -0.25) is 0 Å². The molecule has 31 heavy (non-hydrogen) atoms. The molecule has 0 atom stereocenters. The second kappa shape index (κ2) is 10.3. The Hall–Kier alpha value is -3.08. The van der Waals surface area contributed by atoms with Crippen molar-refractivity contribution in [1.82, 2.24) is 9.47 Å². The second-order valence-electron chi connectivity index (χ2n) is 8.74. The number of carbonyl (C=O) groups is 1. The van der Waals surface area contributed by atoms with Crippen molar-refractivity contribution in [3.8, 4) is 0 Å². The quantitative estimate of drug-likeness (QED) is 0.443. The molecule has 2 aromatic carbocycles. The topological polar surface area (TPSA) is 37.3 Å². The number of benzene rings is 2. The number of amides is 2. The molecule has 2 amide bonds. The molecule has 0 aliphatic rings.